The summed E-state index contributed by atoms with van der Waals surface area (Å²) in [5.41, 5.74) is 0.157. The molecule has 2 unspecified atom stereocenters. The number of rotatable bonds is 4. The molecular formula is C18H27N3O3S. The molecule has 0 radical (unpaired) electrons. The Balaban J connectivity index is 1.66. The Hall–Kier alpha value is -1.44. The highest BCUT2D eigenvalue weighted by molar-refractivity contribution is 7.89. The maximum absolute atomic E-state index is 12.8. The lowest BCUT2D eigenvalue weighted by molar-refractivity contribution is -0.136. The normalized spacial score (nSPS) is 25.7. The molecule has 0 bridgehead atoms. The monoisotopic (exact) mass is 365 g/mol. The zero-order valence-corrected chi connectivity index (χ0v) is 15.5. The van der Waals surface area contributed by atoms with E-state index in [1.807, 2.05) is 4.90 Å². The minimum Gasteiger partial charge on any atom is -0.341 e. The maximum atomic E-state index is 12.8. The van der Waals surface area contributed by atoms with Crippen LogP contribution in [0.25, 0.3) is 0 Å². The van der Waals surface area contributed by atoms with Gasteiger partial charge in [-0.25, -0.2) is 8.42 Å². The van der Waals surface area contributed by atoms with Crippen LogP contribution in [0.2, 0.25) is 0 Å². The van der Waals surface area contributed by atoms with Gasteiger partial charge in [-0.05, 0) is 51.3 Å². The second-order valence-electron chi connectivity index (χ2n) is 7.30. The molecule has 6 nitrogen and oxygen atoms in total. The van der Waals surface area contributed by atoms with Crippen molar-refractivity contribution in [3.63, 3.8) is 0 Å². The number of amides is 1. The lowest BCUT2D eigenvalue weighted by Gasteiger charge is -2.46. The minimum atomic E-state index is -3.69. The van der Waals surface area contributed by atoms with Crippen LogP contribution in [0.5, 0.6) is 0 Å². The van der Waals surface area contributed by atoms with E-state index in [1.165, 1.54) is 12.1 Å². The van der Waals surface area contributed by atoms with Crippen molar-refractivity contribution in [2.75, 3.05) is 26.2 Å². The van der Waals surface area contributed by atoms with Crippen LogP contribution in [0.1, 0.15) is 32.6 Å². The Bertz CT molecular complexity index is 694. The summed E-state index contributed by atoms with van der Waals surface area (Å²) in [6, 6.07) is 7.40. The summed E-state index contributed by atoms with van der Waals surface area (Å²) < 4.78 is 27.4. The van der Waals surface area contributed by atoms with Gasteiger partial charge in [-0.1, -0.05) is 18.2 Å². The van der Waals surface area contributed by atoms with Crippen molar-refractivity contribution in [1.82, 2.24) is 14.9 Å². The number of nitrogens with one attached hydrogen (secondary N) is 2. The second-order valence-corrected chi connectivity index (χ2v) is 9.01. The molecule has 1 spiro atoms. The smallest absolute Gasteiger partial charge is 0.241 e. The average Bonchev–Trinajstić information content (AvgIpc) is 2.62. The van der Waals surface area contributed by atoms with Crippen LogP contribution in [0.15, 0.2) is 35.2 Å². The van der Waals surface area contributed by atoms with Crippen LogP contribution < -0.4 is 10.0 Å². The van der Waals surface area contributed by atoms with Gasteiger partial charge in [-0.15, -0.1) is 0 Å². The molecule has 25 heavy (non-hydrogen) atoms. The molecule has 2 aliphatic rings. The second kappa shape index (κ2) is 7.43. The summed E-state index contributed by atoms with van der Waals surface area (Å²) in [7, 11) is -3.69. The first kappa shape index (κ1) is 18.4. The largest absolute Gasteiger partial charge is 0.341 e. The molecule has 2 aliphatic heterocycles. The third-order valence-electron chi connectivity index (χ3n) is 5.29. The Morgan fingerprint density at radius 1 is 1.24 bits per heavy atom. The van der Waals surface area contributed by atoms with Crippen LogP contribution >= 0.6 is 0 Å². The van der Waals surface area contributed by atoms with Crippen molar-refractivity contribution < 1.29 is 13.2 Å². The maximum Gasteiger partial charge on any atom is 0.241 e. The summed E-state index contributed by atoms with van der Waals surface area (Å²) >= 11 is 0. The van der Waals surface area contributed by atoms with E-state index in [0.29, 0.717) is 6.54 Å². The number of carbonyl (C=O) groups excluding carboxylic acids is 1. The van der Waals surface area contributed by atoms with Crippen LogP contribution in [-0.2, 0) is 14.8 Å². The zero-order chi connectivity index (χ0) is 17.9. The van der Waals surface area contributed by atoms with Gasteiger partial charge in [0, 0.05) is 25.0 Å². The number of likely N-dealkylation sites (tertiary alicyclic amines) is 1. The predicted molar refractivity (Wildman–Crippen MR) is 96.6 cm³/mol. The molecule has 0 aromatic heterocycles. The number of hydrogen-bond acceptors (Lipinski definition) is 4. The third kappa shape index (κ3) is 4.22. The first-order valence-electron chi connectivity index (χ1n) is 8.99. The molecule has 1 amide bonds. The van der Waals surface area contributed by atoms with Crippen molar-refractivity contribution in [3.8, 4) is 0 Å². The van der Waals surface area contributed by atoms with Gasteiger partial charge in [-0.2, -0.15) is 4.72 Å². The molecule has 1 aromatic rings. The minimum absolute atomic E-state index is 0.135. The van der Waals surface area contributed by atoms with E-state index in [2.05, 4.69) is 10.0 Å². The Morgan fingerprint density at radius 2 is 1.96 bits per heavy atom. The number of carbonyl (C=O) groups is 1. The summed E-state index contributed by atoms with van der Waals surface area (Å²) in [6.45, 7) is 5.04. The molecule has 2 heterocycles. The van der Waals surface area contributed by atoms with E-state index in [-0.39, 0.29) is 16.2 Å². The first-order chi connectivity index (χ1) is 11.9. The Labute approximate surface area is 150 Å². The van der Waals surface area contributed by atoms with Crippen LogP contribution in [0.4, 0.5) is 0 Å². The van der Waals surface area contributed by atoms with E-state index >= 15 is 0 Å². The molecule has 2 fully saturated rings. The average molecular weight is 365 g/mol. The van der Waals surface area contributed by atoms with Crippen LogP contribution in [0, 0.1) is 5.41 Å². The molecule has 0 saturated carbocycles. The fourth-order valence-electron chi connectivity index (χ4n) is 4.00. The van der Waals surface area contributed by atoms with Crippen LogP contribution in [0.3, 0.4) is 0 Å². The Kier molecular flexibility index (Phi) is 5.46. The lowest BCUT2D eigenvalue weighted by Crippen LogP contribution is -2.56. The van der Waals surface area contributed by atoms with Gasteiger partial charge in [0.05, 0.1) is 10.9 Å². The topological polar surface area (TPSA) is 78.5 Å². The summed E-state index contributed by atoms with van der Waals surface area (Å²) in [5.74, 6) is -0.135. The molecule has 7 heteroatoms. The fourth-order valence-corrected chi connectivity index (χ4v) is 5.22. The van der Waals surface area contributed by atoms with Gasteiger partial charge >= 0.3 is 0 Å². The van der Waals surface area contributed by atoms with E-state index in [1.54, 1.807) is 25.1 Å². The van der Waals surface area contributed by atoms with Gasteiger partial charge in [0.15, 0.2) is 0 Å². The molecule has 1 aromatic carbocycles. The number of benzene rings is 1. The molecule has 2 saturated heterocycles. The molecule has 2 atom stereocenters. The van der Waals surface area contributed by atoms with Gasteiger partial charge < -0.3 is 10.2 Å². The Morgan fingerprint density at radius 3 is 2.64 bits per heavy atom. The van der Waals surface area contributed by atoms with Gasteiger partial charge in [-0.3, -0.25) is 4.79 Å². The number of piperidine rings is 2. The predicted octanol–water partition coefficient (Wildman–Crippen LogP) is 1.35. The van der Waals surface area contributed by atoms with Crippen molar-refractivity contribution in [3.05, 3.63) is 30.3 Å². The van der Waals surface area contributed by atoms with Gasteiger partial charge in [0.1, 0.15) is 0 Å². The van der Waals surface area contributed by atoms with E-state index < -0.39 is 16.1 Å². The molecule has 0 aliphatic carbocycles. The van der Waals surface area contributed by atoms with E-state index in [4.69, 9.17) is 0 Å². The molecule has 138 valence electrons. The molecule has 2 N–H and O–H groups in total. The SMILES string of the molecule is CC(NS(=O)(=O)c1ccccc1)C(=O)N1CCCC2(CCCNC2)C1. The standard InChI is InChI=1S/C18H27N3O3S/c1-15(20-25(23,24)16-7-3-2-4-8-16)17(22)21-12-6-10-18(14-21)9-5-11-19-13-18/h2-4,7-8,15,19-20H,5-6,9-14H2,1H3. The zero-order valence-electron chi connectivity index (χ0n) is 14.7. The number of nitrogens with zero attached hydrogens (tertiary/aromatic N) is 1. The number of hydrogen-bond donors (Lipinski definition) is 2. The summed E-state index contributed by atoms with van der Waals surface area (Å²) in [6.07, 6.45) is 4.38. The quantitative estimate of drug-likeness (QED) is 0.844. The highest BCUT2D eigenvalue weighted by Crippen LogP contribution is 2.36. The van der Waals surface area contributed by atoms with E-state index in [9.17, 15) is 13.2 Å². The molecular weight excluding hydrogens is 338 g/mol. The van der Waals surface area contributed by atoms with Crippen molar-refractivity contribution in [2.24, 2.45) is 5.41 Å². The molecule has 3 rings (SSSR count). The van der Waals surface area contributed by atoms with Gasteiger partial charge in [0.25, 0.3) is 0 Å². The van der Waals surface area contributed by atoms with Crippen LogP contribution in [-0.4, -0.2) is 51.4 Å². The first-order valence-corrected chi connectivity index (χ1v) is 10.5. The highest BCUT2D eigenvalue weighted by Gasteiger charge is 2.39. The number of sulfonamides is 1. The summed E-state index contributed by atoms with van der Waals surface area (Å²) in [5, 5.41) is 3.44. The van der Waals surface area contributed by atoms with Gasteiger partial charge in [0.2, 0.25) is 15.9 Å². The lowest BCUT2D eigenvalue weighted by atomic mass is 9.74. The van der Waals surface area contributed by atoms with Crippen molar-refractivity contribution >= 4 is 15.9 Å². The van der Waals surface area contributed by atoms with Crippen molar-refractivity contribution in [1.29, 1.82) is 0 Å². The third-order valence-corrected chi connectivity index (χ3v) is 6.85. The van der Waals surface area contributed by atoms with E-state index in [0.717, 1.165) is 45.3 Å². The summed E-state index contributed by atoms with van der Waals surface area (Å²) in [4.78, 5) is 14.8. The fraction of sp³-hybridized carbons (Fsp3) is 0.611. The van der Waals surface area contributed by atoms with Crippen molar-refractivity contribution in [2.45, 2.75) is 43.5 Å². The highest BCUT2D eigenvalue weighted by atomic mass is 32.2.